The van der Waals surface area contributed by atoms with Crippen LogP contribution in [0.25, 0.3) is 0 Å². The minimum Gasteiger partial charge on any atom is -0.497 e. The van der Waals surface area contributed by atoms with E-state index < -0.39 is 6.04 Å². The third-order valence-corrected chi connectivity index (χ3v) is 8.61. The second-order valence-corrected chi connectivity index (χ2v) is 11.6. The fourth-order valence-corrected chi connectivity index (χ4v) is 6.21. The van der Waals surface area contributed by atoms with Gasteiger partial charge in [-0.05, 0) is 73.2 Å². The maximum Gasteiger partial charge on any atom is 0.326 e. The van der Waals surface area contributed by atoms with Crippen LogP contribution in [0.1, 0.15) is 54.5 Å². The van der Waals surface area contributed by atoms with E-state index in [1.54, 1.807) is 7.11 Å². The van der Waals surface area contributed by atoms with Crippen molar-refractivity contribution in [3.8, 4) is 11.5 Å². The van der Waals surface area contributed by atoms with Gasteiger partial charge in [-0.3, -0.25) is 9.89 Å². The molecule has 2 amide bonds. The molecule has 3 aromatic rings. The Hall–Kier alpha value is -3.26. The summed E-state index contributed by atoms with van der Waals surface area (Å²) >= 11 is 12.6. The molecule has 1 saturated heterocycles. The van der Waals surface area contributed by atoms with Crippen molar-refractivity contribution < 1.29 is 14.3 Å². The molecule has 0 radical (unpaired) electrons. The Morgan fingerprint density at radius 1 is 0.902 bits per heavy atom. The molecule has 3 aliphatic rings. The SMILES string of the molecule is COc1ccc(C2=NC(c3ccc(Cl)cc3)C(c3ccc(Cl)cc3)N2C(=O)N2CCNCC2)c(OC2CCCC2)c1. The van der Waals surface area contributed by atoms with Crippen LogP contribution in [0.5, 0.6) is 11.5 Å². The van der Waals surface area contributed by atoms with Gasteiger partial charge in [-0.2, -0.15) is 0 Å². The topological polar surface area (TPSA) is 66.4 Å². The number of methoxy groups -OCH3 is 1. The quantitative estimate of drug-likeness (QED) is 0.338. The molecular weight excluding hydrogens is 559 g/mol. The number of aliphatic imine (C=N–C) groups is 1. The van der Waals surface area contributed by atoms with E-state index in [0.29, 0.717) is 40.5 Å². The zero-order valence-corrected chi connectivity index (χ0v) is 24.6. The first-order chi connectivity index (χ1) is 20.0. The van der Waals surface area contributed by atoms with Crippen LogP contribution in [0.2, 0.25) is 10.0 Å². The molecule has 2 fully saturated rings. The summed E-state index contributed by atoms with van der Waals surface area (Å²) in [5, 5.41) is 4.64. The molecule has 0 spiro atoms. The molecule has 0 bridgehead atoms. The predicted octanol–water partition coefficient (Wildman–Crippen LogP) is 6.89. The molecule has 1 aliphatic carbocycles. The average molecular weight is 594 g/mol. The van der Waals surface area contributed by atoms with Gasteiger partial charge in [0.15, 0.2) is 0 Å². The zero-order chi connectivity index (χ0) is 28.3. The number of amides is 2. The Kier molecular flexibility index (Phi) is 8.37. The standard InChI is InChI=1S/C32H34Cl2N4O3/c1-40-26-14-15-27(28(20-26)41-25-4-2-3-5-25)31-36-29(21-6-10-23(33)11-7-21)30(22-8-12-24(34)13-9-22)38(31)32(39)37-18-16-35-17-19-37/h6-15,20,25,29-30,35H,2-5,16-19H2,1H3. The van der Waals surface area contributed by atoms with Gasteiger partial charge in [0.05, 0.1) is 24.8 Å². The number of halogens is 2. The maximum atomic E-state index is 14.5. The summed E-state index contributed by atoms with van der Waals surface area (Å²) in [6, 6.07) is 20.3. The van der Waals surface area contributed by atoms with Crippen LogP contribution < -0.4 is 14.8 Å². The Balaban J connectivity index is 1.51. The van der Waals surface area contributed by atoms with Gasteiger partial charge in [-0.25, -0.2) is 4.79 Å². The minimum absolute atomic E-state index is 0.0794. The van der Waals surface area contributed by atoms with Crippen molar-refractivity contribution >= 4 is 35.1 Å². The van der Waals surface area contributed by atoms with Gasteiger partial charge in [-0.1, -0.05) is 47.5 Å². The molecule has 7 nitrogen and oxygen atoms in total. The molecule has 2 aliphatic heterocycles. The van der Waals surface area contributed by atoms with Crippen LogP contribution in [0.15, 0.2) is 71.7 Å². The molecule has 214 valence electrons. The molecule has 41 heavy (non-hydrogen) atoms. The second kappa shape index (κ2) is 12.3. The van der Waals surface area contributed by atoms with E-state index in [-0.39, 0.29) is 18.2 Å². The van der Waals surface area contributed by atoms with E-state index in [4.69, 9.17) is 37.7 Å². The first-order valence-corrected chi connectivity index (χ1v) is 15.0. The predicted molar refractivity (Wildman–Crippen MR) is 162 cm³/mol. The smallest absolute Gasteiger partial charge is 0.326 e. The largest absolute Gasteiger partial charge is 0.497 e. The number of ether oxygens (including phenoxy) is 2. The lowest BCUT2D eigenvalue weighted by Crippen LogP contribution is -2.53. The van der Waals surface area contributed by atoms with Gasteiger partial charge in [-0.15, -0.1) is 0 Å². The van der Waals surface area contributed by atoms with Crippen LogP contribution >= 0.6 is 23.2 Å². The lowest BCUT2D eigenvalue weighted by Gasteiger charge is -2.36. The molecule has 2 unspecified atom stereocenters. The Morgan fingerprint density at radius 2 is 1.54 bits per heavy atom. The molecule has 0 aromatic heterocycles. The van der Waals surface area contributed by atoms with Gasteiger partial charge < -0.3 is 19.7 Å². The van der Waals surface area contributed by atoms with E-state index >= 15 is 0 Å². The Labute approximate surface area is 251 Å². The van der Waals surface area contributed by atoms with Crippen molar-refractivity contribution in [1.29, 1.82) is 0 Å². The monoisotopic (exact) mass is 592 g/mol. The van der Waals surface area contributed by atoms with Crippen molar-refractivity contribution in [2.45, 2.75) is 43.9 Å². The van der Waals surface area contributed by atoms with Crippen molar-refractivity contribution in [1.82, 2.24) is 15.1 Å². The van der Waals surface area contributed by atoms with Gasteiger partial charge in [0, 0.05) is 42.3 Å². The van der Waals surface area contributed by atoms with E-state index in [1.807, 2.05) is 76.5 Å². The summed E-state index contributed by atoms with van der Waals surface area (Å²) in [6.07, 6.45) is 4.44. The number of nitrogens with one attached hydrogen (secondary N) is 1. The minimum atomic E-state index is -0.396. The van der Waals surface area contributed by atoms with E-state index in [2.05, 4.69) is 5.32 Å². The molecule has 2 heterocycles. The highest BCUT2D eigenvalue weighted by Gasteiger charge is 2.44. The fraction of sp³-hybridized carbons (Fsp3) is 0.375. The molecule has 3 aromatic carbocycles. The van der Waals surface area contributed by atoms with Crippen LogP contribution in [-0.4, -0.2) is 61.1 Å². The number of urea groups is 1. The van der Waals surface area contributed by atoms with Gasteiger partial charge in [0.1, 0.15) is 23.4 Å². The highest BCUT2D eigenvalue weighted by atomic mass is 35.5. The summed E-state index contributed by atoms with van der Waals surface area (Å²) in [4.78, 5) is 23.5. The van der Waals surface area contributed by atoms with Gasteiger partial charge in [0.25, 0.3) is 0 Å². The molecule has 6 rings (SSSR count). The highest BCUT2D eigenvalue weighted by Crippen LogP contribution is 2.46. The maximum absolute atomic E-state index is 14.5. The van der Waals surface area contributed by atoms with Crippen LogP contribution in [0.3, 0.4) is 0 Å². The number of piperazine rings is 1. The summed E-state index contributed by atoms with van der Waals surface area (Å²) in [7, 11) is 1.65. The van der Waals surface area contributed by atoms with Crippen LogP contribution in [0.4, 0.5) is 4.79 Å². The van der Waals surface area contributed by atoms with Crippen LogP contribution in [-0.2, 0) is 0 Å². The molecule has 1 saturated carbocycles. The van der Waals surface area contributed by atoms with E-state index in [1.165, 1.54) is 0 Å². The number of carbonyl (C=O) groups is 1. The molecule has 2 atom stereocenters. The molecule has 1 N–H and O–H groups in total. The fourth-order valence-electron chi connectivity index (χ4n) is 5.96. The van der Waals surface area contributed by atoms with Gasteiger partial charge >= 0.3 is 6.03 Å². The van der Waals surface area contributed by atoms with E-state index in [9.17, 15) is 4.79 Å². The average Bonchev–Trinajstić information content (AvgIpc) is 3.66. The number of hydrogen-bond donors (Lipinski definition) is 1. The zero-order valence-electron chi connectivity index (χ0n) is 23.1. The second-order valence-electron chi connectivity index (χ2n) is 10.7. The van der Waals surface area contributed by atoms with E-state index in [0.717, 1.165) is 55.5 Å². The number of nitrogens with zero attached hydrogens (tertiary/aromatic N) is 3. The summed E-state index contributed by atoms with van der Waals surface area (Å²) < 4.78 is 12.2. The van der Waals surface area contributed by atoms with Crippen molar-refractivity contribution in [3.05, 3.63) is 93.5 Å². The number of amidine groups is 1. The summed E-state index contributed by atoms with van der Waals surface area (Å²) in [6.45, 7) is 2.74. The lowest BCUT2D eigenvalue weighted by molar-refractivity contribution is 0.157. The molecular formula is C32H34Cl2N4O3. The third kappa shape index (κ3) is 5.89. The molecule has 9 heteroatoms. The lowest BCUT2D eigenvalue weighted by atomic mass is 9.93. The number of benzene rings is 3. The summed E-state index contributed by atoms with van der Waals surface area (Å²) in [5.74, 6) is 1.97. The van der Waals surface area contributed by atoms with Crippen molar-refractivity contribution in [3.63, 3.8) is 0 Å². The Bertz CT molecular complexity index is 1400. The van der Waals surface area contributed by atoms with Gasteiger partial charge in [0.2, 0.25) is 0 Å². The first kappa shape index (κ1) is 27.9. The number of hydrogen-bond acceptors (Lipinski definition) is 5. The number of carbonyl (C=O) groups excluding carboxylic acids is 1. The first-order valence-electron chi connectivity index (χ1n) is 14.2. The highest BCUT2D eigenvalue weighted by molar-refractivity contribution is 6.30. The third-order valence-electron chi connectivity index (χ3n) is 8.11. The normalized spacial score (nSPS) is 21.2. The summed E-state index contributed by atoms with van der Waals surface area (Å²) in [5.41, 5.74) is 2.69. The van der Waals surface area contributed by atoms with Crippen molar-refractivity contribution in [2.75, 3.05) is 33.3 Å². The van der Waals surface area contributed by atoms with Crippen molar-refractivity contribution in [2.24, 2.45) is 4.99 Å². The Morgan fingerprint density at radius 3 is 2.17 bits per heavy atom. The van der Waals surface area contributed by atoms with Crippen LogP contribution in [0, 0.1) is 0 Å². The number of rotatable bonds is 6.